The topological polar surface area (TPSA) is 77.1 Å². The van der Waals surface area contributed by atoms with Crippen LogP contribution in [0.3, 0.4) is 0 Å². The van der Waals surface area contributed by atoms with Crippen molar-refractivity contribution < 1.29 is 12.8 Å². The maximum atomic E-state index is 13.3. The quantitative estimate of drug-likeness (QED) is 0.831. The van der Waals surface area contributed by atoms with Gasteiger partial charge in [-0.3, -0.25) is 4.72 Å². The maximum Gasteiger partial charge on any atom is 0.263 e. The zero-order valence-corrected chi connectivity index (χ0v) is 13.2. The number of anilines is 1. The van der Waals surface area contributed by atoms with Crippen LogP contribution in [0, 0.1) is 5.82 Å². The van der Waals surface area contributed by atoms with Gasteiger partial charge in [-0.15, -0.1) is 0 Å². The second kappa shape index (κ2) is 5.84. The second-order valence-electron chi connectivity index (χ2n) is 4.34. The van der Waals surface area contributed by atoms with Gasteiger partial charge in [-0.05, 0) is 18.2 Å². The lowest BCUT2D eigenvalue weighted by molar-refractivity contribution is 0.601. The number of rotatable bonds is 4. The fourth-order valence-electron chi connectivity index (χ4n) is 1.76. The summed E-state index contributed by atoms with van der Waals surface area (Å²) in [6.45, 7) is 0.209. The van der Waals surface area contributed by atoms with Gasteiger partial charge in [0.05, 0.1) is 15.7 Å². The molecule has 5 nitrogen and oxygen atoms in total. The highest BCUT2D eigenvalue weighted by Crippen LogP contribution is 2.28. The van der Waals surface area contributed by atoms with Gasteiger partial charge in [-0.25, -0.2) is 12.8 Å². The Morgan fingerprint density at radius 2 is 1.86 bits per heavy atom. The van der Waals surface area contributed by atoms with Crippen LogP contribution in [0.4, 0.5) is 10.1 Å². The minimum Gasteiger partial charge on any atom is -0.352 e. The first-order valence-corrected chi connectivity index (χ1v) is 8.01. The molecule has 1 aromatic carbocycles. The molecule has 9 heteroatoms. The van der Waals surface area contributed by atoms with E-state index in [1.165, 1.54) is 12.3 Å². The minimum atomic E-state index is -3.84. The molecule has 0 spiro atoms. The summed E-state index contributed by atoms with van der Waals surface area (Å²) in [6.07, 6.45) is 1.43. The highest BCUT2D eigenvalue weighted by atomic mass is 35.5. The predicted octanol–water partition coefficient (Wildman–Crippen LogP) is 2.73. The van der Waals surface area contributed by atoms with Crippen LogP contribution in [0.15, 0.2) is 29.3 Å². The Kier molecular flexibility index (Phi) is 4.48. The summed E-state index contributed by atoms with van der Waals surface area (Å²) in [4.78, 5) is 0.0435. The first-order valence-electron chi connectivity index (χ1n) is 5.77. The van der Waals surface area contributed by atoms with Gasteiger partial charge in [0.2, 0.25) is 0 Å². The molecule has 0 aliphatic carbocycles. The van der Waals surface area contributed by atoms with Gasteiger partial charge >= 0.3 is 0 Å². The van der Waals surface area contributed by atoms with E-state index in [9.17, 15) is 12.8 Å². The van der Waals surface area contributed by atoms with Crippen LogP contribution in [-0.4, -0.2) is 13.0 Å². The highest BCUT2D eigenvalue weighted by Gasteiger charge is 2.19. The smallest absolute Gasteiger partial charge is 0.263 e. The summed E-state index contributed by atoms with van der Waals surface area (Å²) in [5.41, 5.74) is 6.24. The van der Waals surface area contributed by atoms with Gasteiger partial charge in [0.1, 0.15) is 4.90 Å². The first-order chi connectivity index (χ1) is 9.74. The zero-order chi connectivity index (χ0) is 15.8. The Morgan fingerprint density at radius 1 is 1.29 bits per heavy atom. The number of nitrogens with two attached hydrogens (primary N) is 1. The second-order valence-corrected chi connectivity index (χ2v) is 6.84. The van der Waals surface area contributed by atoms with E-state index in [4.69, 9.17) is 28.9 Å². The zero-order valence-electron chi connectivity index (χ0n) is 10.9. The van der Waals surface area contributed by atoms with Crippen molar-refractivity contribution in [3.63, 3.8) is 0 Å². The van der Waals surface area contributed by atoms with Gasteiger partial charge in [0.15, 0.2) is 5.82 Å². The first kappa shape index (κ1) is 16.1. The summed E-state index contributed by atoms with van der Waals surface area (Å²) in [5, 5.41) is -0.535. The van der Waals surface area contributed by atoms with E-state index in [2.05, 4.69) is 4.72 Å². The fourth-order valence-corrected chi connectivity index (χ4v) is 3.38. The largest absolute Gasteiger partial charge is 0.352 e. The van der Waals surface area contributed by atoms with Crippen LogP contribution >= 0.6 is 23.2 Å². The third-order valence-corrected chi connectivity index (χ3v) is 4.74. The standard InChI is InChI=1S/C12H12Cl2FN3O2S/c1-18-6-9(4-8(18)5-16)21(19,20)17-7-2-10(13)12(15)11(14)3-7/h2-4,6,17H,5,16H2,1H3. The average Bonchev–Trinajstić information content (AvgIpc) is 2.77. The number of hydrogen-bond donors (Lipinski definition) is 2. The van der Waals surface area contributed by atoms with Crippen LogP contribution < -0.4 is 10.5 Å². The Labute approximate surface area is 131 Å². The molecule has 0 radical (unpaired) electrons. The van der Waals surface area contributed by atoms with Crippen LogP contribution in [-0.2, 0) is 23.6 Å². The number of nitrogens with zero attached hydrogens (tertiary/aromatic N) is 1. The van der Waals surface area contributed by atoms with Crippen molar-refractivity contribution in [3.8, 4) is 0 Å². The molecule has 0 atom stereocenters. The minimum absolute atomic E-state index is 0.0435. The number of hydrogen-bond acceptors (Lipinski definition) is 3. The monoisotopic (exact) mass is 351 g/mol. The molecule has 21 heavy (non-hydrogen) atoms. The Hall–Kier alpha value is -1.28. The van der Waals surface area contributed by atoms with Crippen molar-refractivity contribution in [2.24, 2.45) is 12.8 Å². The van der Waals surface area contributed by atoms with Crippen LogP contribution in [0.5, 0.6) is 0 Å². The molecule has 0 fully saturated rings. The molecule has 114 valence electrons. The Bertz CT molecular complexity index is 767. The Morgan fingerprint density at radius 3 is 2.33 bits per heavy atom. The molecule has 0 unspecified atom stereocenters. The average molecular weight is 352 g/mol. The van der Waals surface area contributed by atoms with E-state index in [0.717, 1.165) is 12.1 Å². The number of halogens is 3. The number of sulfonamides is 1. The molecular weight excluding hydrogens is 340 g/mol. The van der Waals surface area contributed by atoms with Gasteiger partial charge in [-0.1, -0.05) is 23.2 Å². The third kappa shape index (κ3) is 3.32. The van der Waals surface area contributed by atoms with Crippen LogP contribution in [0.2, 0.25) is 10.0 Å². The summed E-state index contributed by atoms with van der Waals surface area (Å²) in [5.74, 6) is -0.800. The van der Waals surface area contributed by atoms with Gasteiger partial charge in [0, 0.05) is 25.5 Å². The predicted molar refractivity (Wildman–Crippen MR) is 80.5 cm³/mol. The number of nitrogens with one attached hydrogen (secondary N) is 1. The molecule has 0 aliphatic heterocycles. The normalized spacial score (nSPS) is 11.7. The summed E-state index contributed by atoms with van der Waals surface area (Å²) in [7, 11) is -2.15. The fraction of sp³-hybridized carbons (Fsp3) is 0.167. The SMILES string of the molecule is Cn1cc(S(=O)(=O)Nc2cc(Cl)c(F)c(Cl)c2)cc1CN. The van der Waals surface area contributed by atoms with Crippen LogP contribution in [0.1, 0.15) is 5.69 Å². The molecular formula is C12H12Cl2FN3O2S. The molecule has 3 N–H and O–H groups in total. The lowest BCUT2D eigenvalue weighted by atomic mass is 10.3. The molecule has 0 amide bonds. The molecule has 0 saturated heterocycles. The van der Waals surface area contributed by atoms with Crippen LogP contribution in [0.25, 0.3) is 0 Å². The Balaban J connectivity index is 2.37. The molecule has 1 heterocycles. The lowest BCUT2D eigenvalue weighted by Crippen LogP contribution is -2.12. The van der Waals surface area contributed by atoms with Gasteiger partial charge < -0.3 is 10.3 Å². The number of benzene rings is 1. The summed E-state index contributed by atoms with van der Waals surface area (Å²) < 4.78 is 41.7. The van der Waals surface area contributed by atoms with Crippen molar-refractivity contribution in [2.45, 2.75) is 11.4 Å². The highest BCUT2D eigenvalue weighted by molar-refractivity contribution is 7.92. The molecule has 2 rings (SSSR count). The number of aryl methyl sites for hydroxylation is 1. The van der Waals surface area contributed by atoms with Gasteiger partial charge in [-0.2, -0.15) is 0 Å². The summed E-state index contributed by atoms with van der Waals surface area (Å²) in [6, 6.07) is 3.75. The van der Waals surface area contributed by atoms with E-state index in [0.29, 0.717) is 5.69 Å². The van der Waals surface area contributed by atoms with Gasteiger partial charge in [0.25, 0.3) is 10.0 Å². The van der Waals surface area contributed by atoms with Crippen molar-refractivity contribution in [1.82, 2.24) is 4.57 Å². The molecule has 0 aliphatic rings. The molecule has 0 bridgehead atoms. The van der Waals surface area contributed by atoms with Crippen molar-refractivity contribution in [2.75, 3.05) is 4.72 Å². The van der Waals surface area contributed by atoms with E-state index < -0.39 is 15.8 Å². The maximum absolute atomic E-state index is 13.3. The molecule has 0 saturated carbocycles. The van der Waals surface area contributed by atoms with Crippen molar-refractivity contribution >= 4 is 38.9 Å². The summed E-state index contributed by atoms with van der Waals surface area (Å²) >= 11 is 11.3. The molecule has 2 aromatic rings. The number of aromatic nitrogens is 1. The lowest BCUT2D eigenvalue weighted by Gasteiger charge is -2.08. The van der Waals surface area contributed by atoms with Crippen molar-refractivity contribution in [3.05, 3.63) is 46.0 Å². The van der Waals surface area contributed by atoms with E-state index >= 15 is 0 Å². The van der Waals surface area contributed by atoms with E-state index in [1.54, 1.807) is 11.6 Å². The third-order valence-electron chi connectivity index (χ3n) is 2.84. The van der Waals surface area contributed by atoms with E-state index in [1.807, 2.05) is 0 Å². The van der Waals surface area contributed by atoms with E-state index in [-0.39, 0.29) is 27.2 Å². The molecule has 1 aromatic heterocycles. The van der Waals surface area contributed by atoms with Crippen molar-refractivity contribution in [1.29, 1.82) is 0 Å².